The topological polar surface area (TPSA) is 77.4 Å². The molecule has 0 spiro atoms. The number of aryl methyl sites for hydroxylation is 1. The normalized spacial score (nSPS) is 19.1. The number of hydrogen-bond acceptors (Lipinski definition) is 6. The van der Waals surface area contributed by atoms with E-state index in [1.807, 2.05) is 12.1 Å². The number of fused-ring (bicyclic) bond motifs is 1. The molecular formula is C21H22N4O2S. The van der Waals surface area contributed by atoms with E-state index >= 15 is 0 Å². The molecule has 0 unspecified atom stereocenters. The van der Waals surface area contributed by atoms with Crippen LogP contribution in [0, 0.1) is 12.3 Å². The van der Waals surface area contributed by atoms with Gasteiger partial charge in [0, 0.05) is 31.0 Å². The van der Waals surface area contributed by atoms with Gasteiger partial charge in [0.1, 0.15) is 5.82 Å². The maximum Gasteiger partial charge on any atom is 0.273 e. The molecule has 0 atom stereocenters. The van der Waals surface area contributed by atoms with Crippen LogP contribution in [0.3, 0.4) is 0 Å². The lowest BCUT2D eigenvalue weighted by molar-refractivity contribution is -0.135. The number of carbonyl (C=O) groups excluding carboxylic acids is 2. The van der Waals surface area contributed by atoms with Crippen LogP contribution in [-0.2, 0) is 9.59 Å². The van der Waals surface area contributed by atoms with Gasteiger partial charge in [0.05, 0.1) is 10.4 Å². The first-order valence-corrected chi connectivity index (χ1v) is 10.3. The zero-order chi connectivity index (χ0) is 19.8. The van der Waals surface area contributed by atoms with Gasteiger partial charge >= 0.3 is 0 Å². The Kier molecular flexibility index (Phi) is 4.93. The molecule has 1 aromatic carbocycles. The third kappa shape index (κ3) is 3.30. The molecule has 4 rings (SSSR count). The van der Waals surface area contributed by atoms with Gasteiger partial charge in [-0.2, -0.15) is 0 Å². The summed E-state index contributed by atoms with van der Waals surface area (Å²) in [5, 5.41) is 8.92. The van der Waals surface area contributed by atoms with Crippen molar-refractivity contribution in [3.05, 3.63) is 40.3 Å². The second-order valence-electron chi connectivity index (χ2n) is 7.17. The van der Waals surface area contributed by atoms with Gasteiger partial charge in [-0.1, -0.05) is 18.2 Å². The second kappa shape index (κ2) is 7.39. The van der Waals surface area contributed by atoms with E-state index in [4.69, 9.17) is 10.4 Å². The highest BCUT2D eigenvalue weighted by atomic mass is 32.2. The van der Waals surface area contributed by atoms with Crippen molar-refractivity contribution in [2.45, 2.75) is 33.1 Å². The lowest BCUT2D eigenvalue weighted by Crippen LogP contribution is -2.33. The molecule has 0 aliphatic carbocycles. The Labute approximate surface area is 168 Å². The van der Waals surface area contributed by atoms with Crippen molar-refractivity contribution in [1.82, 2.24) is 9.88 Å². The van der Waals surface area contributed by atoms with Gasteiger partial charge in [0.15, 0.2) is 5.17 Å². The van der Waals surface area contributed by atoms with E-state index in [1.54, 1.807) is 6.08 Å². The first kappa shape index (κ1) is 18.7. The molecule has 0 saturated carbocycles. The van der Waals surface area contributed by atoms with Gasteiger partial charge in [-0.15, -0.1) is 0 Å². The van der Waals surface area contributed by atoms with Crippen LogP contribution in [0.2, 0.25) is 0 Å². The largest absolute Gasteiger partial charge is 0.356 e. The van der Waals surface area contributed by atoms with Gasteiger partial charge < -0.3 is 4.90 Å². The summed E-state index contributed by atoms with van der Waals surface area (Å²) >= 11 is 1.02. The van der Waals surface area contributed by atoms with Crippen molar-refractivity contribution in [3.8, 4) is 0 Å². The Morgan fingerprint density at radius 1 is 1.25 bits per heavy atom. The van der Waals surface area contributed by atoms with E-state index in [-0.39, 0.29) is 5.17 Å². The predicted octanol–water partition coefficient (Wildman–Crippen LogP) is 3.93. The minimum absolute atomic E-state index is 0.0483. The van der Waals surface area contributed by atoms with E-state index in [1.165, 1.54) is 13.3 Å². The number of nitrogens with zero attached hydrogens (tertiary/aromatic N) is 3. The molecule has 144 valence electrons. The summed E-state index contributed by atoms with van der Waals surface area (Å²) in [4.78, 5) is 32.8. The van der Waals surface area contributed by atoms with Gasteiger partial charge in [-0.3, -0.25) is 15.0 Å². The third-order valence-electron chi connectivity index (χ3n) is 5.14. The van der Waals surface area contributed by atoms with E-state index < -0.39 is 11.8 Å². The van der Waals surface area contributed by atoms with Crippen molar-refractivity contribution in [3.63, 3.8) is 0 Å². The van der Waals surface area contributed by atoms with Crippen LogP contribution in [-0.4, -0.2) is 40.0 Å². The summed E-state index contributed by atoms with van der Waals surface area (Å²) in [7, 11) is 0. The fourth-order valence-corrected chi connectivity index (χ4v) is 4.61. The quantitative estimate of drug-likeness (QED) is 0.781. The Morgan fingerprint density at radius 3 is 2.68 bits per heavy atom. The van der Waals surface area contributed by atoms with Gasteiger partial charge in [0.2, 0.25) is 5.91 Å². The fourth-order valence-electron chi connectivity index (χ4n) is 3.73. The van der Waals surface area contributed by atoms with E-state index in [0.29, 0.717) is 4.91 Å². The number of hydrogen-bond donors (Lipinski definition) is 1. The number of imide groups is 1. The third-order valence-corrected chi connectivity index (χ3v) is 6.02. The summed E-state index contributed by atoms with van der Waals surface area (Å²) in [5.74, 6) is 0.000976. The van der Waals surface area contributed by atoms with Crippen molar-refractivity contribution >= 4 is 51.5 Å². The minimum Gasteiger partial charge on any atom is -0.356 e. The fraction of sp³-hybridized carbons (Fsp3) is 0.333. The monoisotopic (exact) mass is 394 g/mol. The number of rotatable bonds is 2. The number of thioether (sulfide) groups is 1. The van der Waals surface area contributed by atoms with Crippen molar-refractivity contribution < 1.29 is 9.59 Å². The average Bonchev–Trinajstić information content (AvgIpc) is 2.95. The summed E-state index contributed by atoms with van der Waals surface area (Å²) in [6, 6.07) is 8.13. The van der Waals surface area contributed by atoms with E-state index in [0.717, 1.165) is 70.4 Å². The molecule has 0 bridgehead atoms. The number of pyridine rings is 1. The van der Waals surface area contributed by atoms with Crippen molar-refractivity contribution in [1.29, 1.82) is 5.41 Å². The Morgan fingerprint density at radius 2 is 2.00 bits per heavy atom. The van der Waals surface area contributed by atoms with Crippen LogP contribution in [0.4, 0.5) is 5.82 Å². The molecule has 2 amide bonds. The van der Waals surface area contributed by atoms with Gasteiger partial charge in [-0.25, -0.2) is 9.88 Å². The number of carbonyl (C=O) groups is 2. The highest BCUT2D eigenvalue weighted by molar-refractivity contribution is 8.18. The standard InChI is InChI=1S/C21H22N4O2S/c1-13-7-6-8-15-11-16(12-17-20(27)25(14(2)26)21(22)28-17)19(23-18(13)15)24-9-4-3-5-10-24/h6-8,11-12,22H,3-5,9-10H2,1-2H3/b17-12+,22-21?. The molecule has 28 heavy (non-hydrogen) atoms. The molecule has 6 nitrogen and oxygen atoms in total. The van der Waals surface area contributed by atoms with Crippen LogP contribution >= 0.6 is 11.8 Å². The molecule has 1 aromatic heterocycles. The Hall–Kier alpha value is -2.67. The van der Waals surface area contributed by atoms with Crippen molar-refractivity contribution in [2.75, 3.05) is 18.0 Å². The summed E-state index contributed by atoms with van der Waals surface area (Å²) < 4.78 is 0. The highest BCUT2D eigenvalue weighted by Crippen LogP contribution is 2.35. The highest BCUT2D eigenvalue weighted by Gasteiger charge is 2.35. The van der Waals surface area contributed by atoms with Crippen LogP contribution < -0.4 is 4.90 Å². The SMILES string of the molecule is CC(=O)N1C(=N)S/C(=C/c2cc3cccc(C)c3nc2N2CCCCC2)C1=O. The van der Waals surface area contributed by atoms with Crippen LogP contribution in [0.25, 0.3) is 17.0 Å². The predicted molar refractivity (Wildman–Crippen MR) is 113 cm³/mol. The minimum atomic E-state index is -0.436. The molecule has 2 fully saturated rings. The molecule has 3 heterocycles. The lowest BCUT2D eigenvalue weighted by atomic mass is 10.1. The summed E-state index contributed by atoms with van der Waals surface area (Å²) in [6.07, 6.45) is 5.25. The number of benzene rings is 1. The van der Waals surface area contributed by atoms with Crippen molar-refractivity contribution in [2.24, 2.45) is 0 Å². The number of nitrogens with one attached hydrogen (secondary N) is 1. The van der Waals surface area contributed by atoms with Gasteiger partial charge in [0.25, 0.3) is 5.91 Å². The maximum absolute atomic E-state index is 12.6. The first-order chi connectivity index (χ1) is 13.5. The molecule has 2 aliphatic rings. The molecule has 2 aliphatic heterocycles. The zero-order valence-electron chi connectivity index (χ0n) is 16.0. The van der Waals surface area contributed by atoms with E-state index in [2.05, 4.69) is 24.0 Å². The molecule has 2 aromatic rings. The van der Waals surface area contributed by atoms with E-state index in [9.17, 15) is 9.59 Å². The number of aromatic nitrogens is 1. The molecule has 0 radical (unpaired) electrons. The zero-order valence-corrected chi connectivity index (χ0v) is 16.8. The number of para-hydroxylation sites is 1. The lowest BCUT2D eigenvalue weighted by Gasteiger charge is -2.29. The second-order valence-corrected chi connectivity index (χ2v) is 8.20. The van der Waals surface area contributed by atoms with Crippen LogP contribution in [0.5, 0.6) is 0 Å². The molecular weight excluding hydrogens is 372 g/mol. The molecule has 2 saturated heterocycles. The average molecular weight is 395 g/mol. The van der Waals surface area contributed by atoms with Crippen LogP contribution in [0.1, 0.15) is 37.3 Å². The first-order valence-electron chi connectivity index (χ1n) is 9.44. The summed E-state index contributed by atoms with van der Waals surface area (Å²) in [5.41, 5.74) is 2.94. The molecule has 1 N–H and O–H groups in total. The van der Waals surface area contributed by atoms with Gasteiger partial charge in [-0.05, 0) is 55.7 Å². The molecule has 7 heteroatoms. The Bertz CT molecular complexity index is 1020. The number of anilines is 1. The number of piperidine rings is 1. The number of amidine groups is 1. The smallest absolute Gasteiger partial charge is 0.273 e. The summed E-state index contributed by atoms with van der Waals surface area (Å²) in [6.45, 7) is 5.24. The maximum atomic E-state index is 12.6. The Balaban J connectivity index is 1.84. The van der Waals surface area contributed by atoms with Crippen LogP contribution in [0.15, 0.2) is 29.2 Å². The number of amides is 2.